The highest BCUT2D eigenvalue weighted by atomic mass is 16.2. The first-order valence-corrected chi connectivity index (χ1v) is 9.73. The SMILES string of the molecule is C[C@H](NC(=O)CN1C(=O)c2cccc3cccc1c23)c1ccc2ccccc2c1. The van der Waals surface area contributed by atoms with Crippen molar-refractivity contribution < 1.29 is 9.59 Å². The first-order chi connectivity index (χ1) is 14.1. The molecule has 1 aliphatic rings. The Morgan fingerprint density at radius 3 is 2.45 bits per heavy atom. The molecule has 4 heteroatoms. The summed E-state index contributed by atoms with van der Waals surface area (Å²) in [4.78, 5) is 27.2. The zero-order valence-electron chi connectivity index (χ0n) is 16.1. The van der Waals surface area contributed by atoms with Crippen molar-refractivity contribution in [2.45, 2.75) is 13.0 Å². The van der Waals surface area contributed by atoms with E-state index < -0.39 is 0 Å². The van der Waals surface area contributed by atoms with Crippen LogP contribution in [0.5, 0.6) is 0 Å². The minimum atomic E-state index is -0.177. The highest BCUT2D eigenvalue weighted by Crippen LogP contribution is 2.36. The standard InChI is InChI=1S/C25H20N2O2/c1-16(19-13-12-17-6-2-3-7-20(17)14-19)26-23(28)15-27-22-11-5-9-18-8-4-10-21(24(18)22)25(27)29/h2-14,16H,15H2,1H3,(H,26,28)/t16-/m0/s1. The van der Waals surface area contributed by atoms with E-state index in [9.17, 15) is 9.59 Å². The lowest BCUT2D eigenvalue weighted by Crippen LogP contribution is -2.39. The van der Waals surface area contributed by atoms with Crippen LogP contribution >= 0.6 is 0 Å². The van der Waals surface area contributed by atoms with E-state index in [4.69, 9.17) is 0 Å². The number of rotatable bonds is 4. The molecule has 0 saturated heterocycles. The Labute approximate surface area is 168 Å². The summed E-state index contributed by atoms with van der Waals surface area (Å²) in [6.45, 7) is 1.97. The van der Waals surface area contributed by atoms with Gasteiger partial charge >= 0.3 is 0 Å². The van der Waals surface area contributed by atoms with Crippen LogP contribution in [0.25, 0.3) is 21.5 Å². The topological polar surface area (TPSA) is 49.4 Å². The Morgan fingerprint density at radius 2 is 1.62 bits per heavy atom. The predicted molar refractivity (Wildman–Crippen MR) is 116 cm³/mol. The van der Waals surface area contributed by atoms with Crippen LogP contribution in [0.1, 0.15) is 28.9 Å². The van der Waals surface area contributed by atoms with E-state index in [1.807, 2.05) is 61.5 Å². The van der Waals surface area contributed by atoms with Gasteiger partial charge in [-0.3, -0.25) is 14.5 Å². The van der Waals surface area contributed by atoms with Gasteiger partial charge in [0.05, 0.1) is 11.7 Å². The van der Waals surface area contributed by atoms with Crippen molar-refractivity contribution in [3.05, 3.63) is 90.0 Å². The Bertz CT molecular complexity index is 1270. The summed E-state index contributed by atoms with van der Waals surface area (Å²) in [7, 11) is 0. The van der Waals surface area contributed by atoms with Gasteiger partial charge in [0.2, 0.25) is 5.91 Å². The number of carbonyl (C=O) groups is 2. The number of hydrogen-bond donors (Lipinski definition) is 1. The smallest absolute Gasteiger partial charge is 0.259 e. The second kappa shape index (κ2) is 6.74. The van der Waals surface area contributed by atoms with Gasteiger partial charge in [0, 0.05) is 10.9 Å². The number of nitrogens with zero attached hydrogens (tertiary/aromatic N) is 1. The Morgan fingerprint density at radius 1 is 0.897 bits per heavy atom. The maximum absolute atomic E-state index is 12.9. The molecule has 2 amide bonds. The van der Waals surface area contributed by atoms with E-state index in [2.05, 4.69) is 29.6 Å². The quantitative estimate of drug-likeness (QED) is 0.551. The Kier molecular flexibility index (Phi) is 4.06. The second-order valence-corrected chi connectivity index (χ2v) is 7.47. The van der Waals surface area contributed by atoms with Crippen LogP contribution in [-0.2, 0) is 4.79 Å². The molecular weight excluding hydrogens is 360 g/mol. The van der Waals surface area contributed by atoms with Crippen LogP contribution in [-0.4, -0.2) is 18.4 Å². The third-order valence-electron chi connectivity index (χ3n) is 5.60. The molecule has 0 fully saturated rings. The highest BCUT2D eigenvalue weighted by molar-refractivity contribution is 6.26. The van der Waals surface area contributed by atoms with Crippen LogP contribution in [0.3, 0.4) is 0 Å². The minimum Gasteiger partial charge on any atom is -0.348 e. The van der Waals surface area contributed by atoms with Gasteiger partial charge in [0.1, 0.15) is 6.54 Å². The molecule has 29 heavy (non-hydrogen) atoms. The van der Waals surface area contributed by atoms with Crippen molar-refractivity contribution in [3.63, 3.8) is 0 Å². The van der Waals surface area contributed by atoms with Crippen LogP contribution in [0, 0.1) is 0 Å². The lowest BCUT2D eigenvalue weighted by Gasteiger charge is -2.20. The second-order valence-electron chi connectivity index (χ2n) is 7.47. The van der Waals surface area contributed by atoms with Crippen molar-refractivity contribution in [1.29, 1.82) is 0 Å². The fraction of sp³-hybridized carbons (Fsp3) is 0.120. The van der Waals surface area contributed by atoms with Crippen LogP contribution in [0.4, 0.5) is 5.69 Å². The van der Waals surface area contributed by atoms with E-state index in [-0.39, 0.29) is 24.4 Å². The van der Waals surface area contributed by atoms with Crippen molar-refractivity contribution in [2.75, 3.05) is 11.4 Å². The Balaban J connectivity index is 1.35. The van der Waals surface area contributed by atoms with E-state index in [0.29, 0.717) is 5.56 Å². The molecule has 4 aromatic rings. The first kappa shape index (κ1) is 17.4. The molecule has 1 aliphatic heterocycles. The average Bonchev–Trinajstić information content (AvgIpc) is 3.01. The van der Waals surface area contributed by atoms with Gasteiger partial charge in [-0.25, -0.2) is 0 Å². The van der Waals surface area contributed by atoms with Crippen molar-refractivity contribution in [1.82, 2.24) is 5.32 Å². The minimum absolute atomic E-state index is 0.00451. The van der Waals surface area contributed by atoms with E-state index in [0.717, 1.165) is 27.4 Å². The molecule has 5 rings (SSSR count). The van der Waals surface area contributed by atoms with Gasteiger partial charge in [0.15, 0.2) is 0 Å². The maximum atomic E-state index is 12.9. The molecule has 4 nitrogen and oxygen atoms in total. The monoisotopic (exact) mass is 380 g/mol. The number of carbonyl (C=O) groups excluding carboxylic acids is 2. The normalized spacial score (nSPS) is 13.8. The molecule has 1 heterocycles. The summed E-state index contributed by atoms with van der Waals surface area (Å²) >= 11 is 0. The fourth-order valence-corrected chi connectivity index (χ4v) is 4.13. The zero-order valence-corrected chi connectivity index (χ0v) is 16.1. The predicted octanol–water partition coefficient (Wildman–Crippen LogP) is 4.83. The van der Waals surface area contributed by atoms with Crippen molar-refractivity contribution >= 4 is 39.0 Å². The summed E-state index contributed by atoms with van der Waals surface area (Å²) in [6, 6.07) is 25.7. The van der Waals surface area contributed by atoms with Crippen LogP contribution < -0.4 is 10.2 Å². The van der Waals surface area contributed by atoms with Gasteiger partial charge in [-0.2, -0.15) is 0 Å². The third kappa shape index (κ3) is 2.93. The molecule has 1 N–H and O–H groups in total. The van der Waals surface area contributed by atoms with E-state index in [1.165, 1.54) is 5.39 Å². The van der Waals surface area contributed by atoms with Crippen molar-refractivity contribution in [2.24, 2.45) is 0 Å². The maximum Gasteiger partial charge on any atom is 0.259 e. The molecule has 0 radical (unpaired) electrons. The summed E-state index contributed by atoms with van der Waals surface area (Å²) in [5.74, 6) is -0.297. The molecule has 1 atom stereocenters. The van der Waals surface area contributed by atoms with Crippen LogP contribution in [0.2, 0.25) is 0 Å². The number of benzene rings is 4. The lowest BCUT2D eigenvalue weighted by atomic mass is 10.0. The Hall–Kier alpha value is -3.66. The van der Waals surface area contributed by atoms with Gasteiger partial charge in [0.25, 0.3) is 5.91 Å². The zero-order chi connectivity index (χ0) is 20.0. The van der Waals surface area contributed by atoms with Gasteiger partial charge in [-0.15, -0.1) is 0 Å². The van der Waals surface area contributed by atoms with Crippen molar-refractivity contribution in [3.8, 4) is 0 Å². The molecule has 4 aromatic carbocycles. The third-order valence-corrected chi connectivity index (χ3v) is 5.60. The van der Waals surface area contributed by atoms with Gasteiger partial charge in [-0.05, 0) is 46.8 Å². The summed E-state index contributed by atoms with van der Waals surface area (Å²) in [5.41, 5.74) is 2.50. The molecule has 0 bridgehead atoms. The highest BCUT2D eigenvalue weighted by Gasteiger charge is 2.31. The first-order valence-electron chi connectivity index (χ1n) is 9.73. The summed E-state index contributed by atoms with van der Waals surface area (Å²) in [6.07, 6.45) is 0. The summed E-state index contributed by atoms with van der Waals surface area (Å²) < 4.78 is 0. The van der Waals surface area contributed by atoms with Gasteiger partial charge < -0.3 is 5.32 Å². The molecule has 0 spiro atoms. The number of fused-ring (bicyclic) bond motifs is 1. The largest absolute Gasteiger partial charge is 0.348 e. The molecule has 0 unspecified atom stereocenters. The number of amides is 2. The lowest BCUT2D eigenvalue weighted by molar-refractivity contribution is -0.120. The van der Waals surface area contributed by atoms with E-state index >= 15 is 0 Å². The molecule has 0 saturated carbocycles. The molecule has 142 valence electrons. The number of hydrogen-bond acceptors (Lipinski definition) is 2. The van der Waals surface area contributed by atoms with Crippen LogP contribution in [0.15, 0.2) is 78.9 Å². The van der Waals surface area contributed by atoms with E-state index in [1.54, 1.807) is 4.90 Å². The number of anilines is 1. The molecule has 0 aromatic heterocycles. The summed E-state index contributed by atoms with van der Waals surface area (Å²) in [5, 5.41) is 7.29. The molecule has 0 aliphatic carbocycles. The fourth-order valence-electron chi connectivity index (χ4n) is 4.13. The average molecular weight is 380 g/mol. The van der Waals surface area contributed by atoms with Gasteiger partial charge in [-0.1, -0.05) is 60.7 Å². The molecular formula is C25H20N2O2. The number of nitrogens with one attached hydrogen (secondary N) is 1.